The normalized spacial score (nSPS) is 10.0. The Morgan fingerprint density at radius 3 is 2.27 bits per heavy atom. The molecule has 2 amide bonds. The van der Waals surface area contributed by atoms with Gasteiger partial charge in [-0.25, -0.2) is 4.79 Å². The quantitative estimate of drug-likeness (QED) is 0.439. The largest absolute Gasteiger partial charge is 0.335 e. The van der Waals surface area contributed by atoms with Gasteiger partial charge in [-0.05, 0) is 55.8 Å². The average molecular weight is 462 g/mol. The van der Waals surface area contributed by atoms with Crippen molar-refractivity contribution in [3.05, 3.63) is 84.8 Å². The first-order chi connectivity index (χ1) is 16.0. The molecule has 9 heteroatoms. The van der Waals surface area contributed by atoms with Gasteiger partial charge in [-0.3, -0.25) is 9.67 Å². The van der Waals surface area contributed by atoms with Gasteiger partial charge in [0.05, 0.1) is 0 Å². The highest BCUT2D eigenvalue weighted by molar-refractivity contribution is 7.51. The van der Waals surface area contributed by atoms with E-state index in [9.17, 15) is 4.79 Å². The van der Waals surface area contributed by atoms with Crippen molar-refractivity contribution in [2.24, 2.45) is 0 Å². The zero-order chi connectivity index (χ0) is 23.6. The van der Waals surface area contributed by atoms with E-state index in [0.717, 1.165) is 40.2 Å². The number of urea groups is 1. The van der Waals surface area contributed by atoms with Crippen molar-refractivity contribution >= 4 is 29.0 Å². The Kier molecular flexibility index (Phi) is 8.20. The lowest BCUT2D eigenvalue weighted by Crippen LogP contribution is -2.19. The van der Waals surface area contributed by atoms with Crippen LogP contribution in [0.15, 0.2) is 79.3 Å². The zero-order valence-corrected chi connectivity index (χ0v) is 19.0. The van der Waals surface area contributed by atoms with Crippen LogP contribution in [0.4, 0.5) is 16.2 Å². The summed E-state index contributed by atoms with van der Waals surface area (Å²) < 4.78 is 18.5. The molecule has 0 spiro atoms. The average Bonchev–Trinajstić information content (AvgIpc) is 3.27. The summed E-state index contributed by atoms with van der Waals surface area (Å²) in [4.78, 5) is 16.5. The molecule has 4 rings (SSSR count). The second kappa shape index (κ2) is 11.5. The fourth-order valence-electron chi connectivity index (χ4n) is 3.21. The topological polar surface area (TPSA) is 106 Å². The highest BCUT2D eigenvalue weighted by Gasteiger charge is 2.13. The molecule has 0 aliphatic heterocycles. The number of aryl methyl sites for hydroxylation is 2. The first kappa shape index (κ1) is 23.6. The lowest BCUT2D eigenvalue weighted by molar-refractivity contribution is 0.262. The standard InChI is InChI=1S/C24H23N5O.O2S/c1-3-29-16-22(23(28-29)18-11-13-25-14-12-18)19-5-4-6-21(15-19)27-24(30)26-20-9-7-17(2)8-10-20;1-3-2/h4-16H,3H2,1-2H3,(H2,26,27,30);. The minimum atomic E-state index is -0.750. The maximum atomic E-state index is 12.4. The van der Waals surface area contributed by atoms with Gasteiger partial charge in [0, 0.05) is 47.6 Å². The fourth-order valence-corrected chi connectivity index (χ4v) is 3.21. The van der Waals surface area contributed by atoms with E-state index in [1.807, 2.05) is 78.5 Å². The maximum absolute atomic E-state index is 12.4. The molecule has 2 aromatic carbocycles. The Balaban J connectivity index is 0.000000968. The summed E-state index contributed by atoms with van der Waals surface area (Å²) in [6, 6.07) is 19.1. The molecule has 2 aromatic heterocycles. The zero-order valence-electron chi connectivity index (χ0n) is 18.2. The number of nitrogens with zero attached hydrogens (tertiary/aromatic N) is 3. The Morgan fingerprint density at radius 2 is 1.61 bits per heavy atom. The molecule has 0 saturated heterocycles. The number of anilines is 2. The van der Waals surface area contributed by atoms with E-state index >= 15 is 0 Å². The number of carbonyl (C=O) groups excluding carboxylic acids is 1. The third kappa shape index (κ3) is 6.44. The molecule has 0 unspecified atom stereocenters. The van der Waals surface area contributed by atoms with Crippen molar-refractivity contribution in [1.29, 1.82) is 0 Å². The van der Waals surface area contributed by atoms with Gasteiger partial charge in [-0.2, -0.15) is 13.5 Å². The van der Waals surface area contributed by atoms with E-state index in [1.54, 1.807) is 12.4 Å². The minimum Gasteiger partial charge on any atom is -0.308 e. The van der Waals surface area contributed by atoms with Gasteiger partial charge < -0.3 is 10.6 Å². The Morgan fingerprint density at radius 1 is 0.939 bits per heavy atom. The molecular weight excluding hydrogens is 438 g/mol. The summed E-state index contributed by atoms with van der Waals surface area (Å²) >= 11 is -0.750. The number of hydrogen-bond acceptors (Lipinski definition) is 5. The molecule has 0 aliphatic carbocycles. The second-order valence-corrected chi connectivity index (χ2v) is 7.21. The number of carbonyl (C=O) groups is 1. The number of pyridine rings is 1. The first-order valence-corrected chi connectivity index (χ1v) is 10.9. The lowest BCUT2D eigenvalue weighted by Gasteiger charge is -2.09. The van der Waals surface area contributed by atoms with Crippen molar-refractivity contribution in [2.45, 2.75) is 20.4 Å². The summed E-state index contributed by atoms with van der Waals surface area (Å²) in [7, 11) is 0. The molecule has 168 valence electrons. The summed E-state index contributed by atoms with van der Waals surface area (Å²) in [5.74, 6) is 0. The lowest BCUT2D eigenvalue weighted by atomic mass is 10.0. The van der Waals surface area contributed by atoms with Crippen molar-refractivity contribution in [3.8, 4) is 22.4 Å². The van der Waals surface area contributed by atoms with Crippen LogP contribution >= 0.6 is 0 Å². The number of rotatable bonds is 5. The van der Waals surface area contributed by atoms with Crippen molar-refractivity contribution in [1.82, 2.24) is 14.8 Å². The van der Waals surface area contributed by atoms with Crippen LogP contribution in [0.25, 0.3) is 22.4 Å². The van der Waals surface area contributed by atoms with Crippen LogP contribution in [0.2, 0.25) is 0 Å². The SMILES string of the molecule is CCn1cc(-c2cccc(NC(=O)Nc3ccc(C)cc3)c2)c(-c2ccncc2)n1.O=S=O. The molecule has 0 fully saturated rings. The number of hydrogen-bond donors (Lipinski definition) is 2. The number of nitrogens with one attached hydrogen (secondary N) is 2. The molecule has 0 radical (unpaired) electrons. The molecule has 0 bridgehead atoms. The number of benzene rings is 2. The molecule has 2 N–H and O–H groups in total. The van der Waals surface area contributed by atoms with E-state index in [0.29, 0.717) is 5.69 Å². The Labute approximate surface area is 195 Å². The van der Waals surface area contributed by atoms with Crippen LogP contribution in [-0.2, 0) is 18.1 Å². The van der Waals surface area contributed by atoms with Crippen LogP contribution in [0, 0.1) is 6.92 Å². The van der Waals surface area contributed by atoms with Crippen LogP contribution in [0.1, 0.15) is 12.5 Å². The molecule has 33 heavy (non-hydrogen) atoms. The van der Waals surface area contributed by atoms with Crippen molar-refractivity contribution in [2.75, 3.05) is 10.6 Å². The molecule has 0 atom stereocenters. The van der Waals surface area contributed by atoms with E-state index in [2.05, 4.69) is 22.5 Å². The molecule has 0 aliphatic rings. The predicted octanol–water partition coefficient (Wildman–Crippen LogP) is 4.91. The van der Waals surface area contributed by atoms with Gasteiger partial charge in [0.15, 0.2) is 0 Å². The third-order valence-corrected chi connectivity index (χ3v) is 4.78. The summed E-state index contributed by atoms with van der Waals surface area (Å²) in [5.41, 5.74) is 6.48. The molecule has 8 nitrogen and oxygen atoms in total. The number of aromatic nitrogens is 3. The van der Waals surface area contributed by atoms with Gasteiger partial charge in [0.1, 0.15) is 5.69 Å². The van der Waals surface area contributed by atoms with E-state index in [4.69, 9.17) is 13.5 Å². The van der Waals surface area contributed by atoms with E-state index in [1.165, 1.54) is 0 Å². The molecule has 4 aromatic rings. The van der Waals surface area contributed by atoms with E-state index < -0.39 is 11.6 Å². The summed E-state index contributed by atoms with van der Waals surface area (Å²) in [6.07, 6.45) is 5.55. The van der Waals surface area contributed by atoms with Crippen molar-refractivity contribution < 1.29 is 13.2 Å². The minimum absolute atomic E-state index is 0.283. The van der Waals surface area contributed by atoms with E-state index in [-0.39, 0.29) is 6.03 Å². The van der Waals surface area contributed by atoms with Gasteiger partial charge >= 0.3 is 17.6 Å². The van der Waals surface area contributed by atoms with Crippen LogP contribution < -0.4 is 10.6 Å². The van der Waals surface area contributed by atoms with Gasteiger partial charge in [-0.15, -0.1) is 0 Å². The highest BCUT2D eigenvalue weighted by atomic mass is 32.1. The highest BCUT2D eigenvalue weighted by Crippen LogP contribution is 2.32. The Bertz CT molecular complexity index is 1250. The summed E-state index contributed by atoms with van der Waals surface area (Å²) in [6.45, 7) is 4.84. The predicted molar refractivity (Wildman–Crippen MR) is 129 cm³/mol. The fraction of sp³-hybridized carbons (Fsp3) is 0.125. The smallest absolute Gasteiger partial charge is 0.308 e. The second-order valence-electron chi connectivity index (χ2n) is 7.08. The molecule has 0 saturated carbocycles. The molecule has 2 heterocycles. The third-order valence-electron chi connectivity index (χ3n) is 4.78. The summed E-state index contributed by atoms with van der Waals surface area (Å²) in [5, 5.41) is 10.5. The maximum Gasteiger partial charge on any atom is 0.335 e. The monoisotopic (exact) mass is 461 g/mol. The van der Waals surface area contributed by atoms with Crippen LogP contribution in [0.5, 0.6) is 0 Å². The molecular formula is C24H23N5O3S. The number of amides is 2. The van der Waals surface area contributed by atoms with Gasteiger partial charge in [0.25, 0.3) is 0 Å². The van der Waals surface area contributed by atoms with Crippen LogP contribution in [0.3, 0.4) is 0 Å². The Hall–Kier alpha value is -4.11. The van der Waals surface area contributed by atoms with Gasteiger partial charge in [-0.1, -0.05) is 29.8 Å². The van der Waals surface area contributed by atoms with Crippen molar-refractivity contribution in [3.63, 3.8) is 0 Å². The van der Waals surface area contributed by atoms with Crippen LogP contribution in [-0.4, -0.2) is 29.2 Å². The first-order valence-electron chi connectivity index (χ1n) is 10.2. The van der Waals surface area contributed by atoms with Gasteiger partial charge in [0.2, 0.25) is 0 Å².